The Morgan fingerprint density at radius 2 is 1.95 bits per heavy atom. The van der Waals surface area contributed by atoms with E-state index in [0.29, 0.717) is 25.7 Å². The molecule has 0 atom stereocenters. The van der Waals surface area contributed by atoms with Crippen LogP contribution in [0.3, 0.4) is 0 Å². The molecule has 0 unspecified atom stereocenters. The van der Waals surface area contributed by atoms with E-state index >= 15 is 0 Å². The van der Waals surface area contributed by atoms with Gasteiger partial charge in [0.15, 0.2) is 0 Å². The zero-order chi connectivity index (χ0) is 14.7. The van der Waals surface area contributed by atoms with Crippen LogP contribution >= 0.6 is 39.1 Å². The Morgan fingerprint density at radius 3 is 2.55 bits per heavy atom. The van der Waals surface area contributed by atoms with Crippen LogP contribution in [0.4, 0.5) is 0 Å². The molecule has 0 saturated heterocycles. The summed E-state index contributed by atoms with van der Waals surface area (Å²) in [5.74, 6) is 0.144. The maximum atomic E-state index is 9.46. The fourth-order valence-corrected chi connectivity index (χ4v) is 2.56. The van der Waals surface area contributed by atoms with Crippen molar-refractivity contribution in [2.75, 3.05) is 0 Å². The monoisotopic (exact) mass is 367 g/mol. The summed E-state index contributed by atoms with van der Waals surface area (Å²) in [6.07, 6.45) is 1.69. The summed E-state index contributed by atoms with van der Waals surface area (Å²) in [6.45, 7) is 0. The third-order valence-corrected chi connectivity index (χ3v) is 3.81. The van der Waals surface area contributed by atoms with Crippen molar-refractivity contribution < 1.29 is 5.11 Å². The molecule has 1 N–H and O–H groups in total. The summed E-state index contributed by atoms with van der Waals surface area (Å²) in [5, 5.41) is 19.7. The summed E-state index contributed by atoms with van der Waals surface area (Å²) >= 11 is 15.2. The molecule has 0 amide bonds. The van der Waals surface area contributed by atoms with Gasteiger partial charge in [-0.15, -0.1) is 0 Å². The summed E-state index contributed by atoms with van der Waals surface area (Å²) in [7, 11) is 0. The molecular weight excluding hydrogens is 361 g/mol. The van der Waals surface area contributed by atoms with Crippen molar-refractivity contribution in [2.24, 2.45) is 0 Å². The number of allylic oxidation sites excluding steroid dienone is 1. The van der Waals surface area contributed by atoms with Gasteiger partial charge in [-0.25, -0.2) is 0 Å². The van der Waals surface area contributed by atoms with E-state index in [-0.39, 0.29) is 5.75 Å². The lowest BCUT2D eigenvalue weighted by molar-refractivity contribution is 0.472. The Bertz CT molecular complexity index is 735. The zero-order valence-electron chi connectivity index (χ0n) is 10.1. The molecule has 0 radical (unpaired) electrons. The topological polar surface area (TPSA) is 44.0 Å². The predicted molar refractivity (Wildman–Crippen MR) is 85.8 cm³/mol. The molecule has 0 bridgehead atoms. The van der Waals surface area contributed by atoms with Crippen LogP contribution in [0, 0.1) is 11.3 Å². The Morgan fingerprint density at radius 1 is 1.20 bits per heavy atom. The van der Waals surface area contributed by atoms with Crippen LogP contribution in [-0.2, 0) is 0 Å². The number of aromatic hydroxyl groups is 1. The molecule has 2 rings (SSSR count). The van der Waals surface area contributed by atoms with E-state index in [1.54, 1.807) is 42.5 Å². The lowest BCUT2D eigenvalue weighted by Crippen LogP contribution is -1.84. The van der Waals surface area contributed by atoms with E-state index in [2.05, 4.69) is 22.0 Å². The van der Waals surface area contributed by atoms with E-state index < -0.39 is 0 Å². The normalized spacial score (nSPS) is 11.2. The molecule has 0 heterocycles. The molecule has 20 heavy (non-hydrogen) atoms. The van der Waals surface area contributed by atoms with Crippen molar-refractivity contribution >= 4 is 50.8 Å². The minimum absolute atomic E-state index is 0.144. The van der Waals surface area contributed by atoms with Gasteiger partial charge in [-0.2, -0.15) is 5.26 Å². The maximum Gasteiger partial charge on any atom is 0.129 e. The van der Waals surface area contributed by atoms with Gasteiger partial charge < -0.3 is 5.11 Å². The second kappa shape index (κ2) is 6.32. The van der Waals surface area contributed by atoms with Crippen molar-refractivity contribution in [3.63, 3.8) is 0 Å². The largest absolute Gasteiger partial charge is 0.507 e. The lowest BCUT2D eigenvalue weighted by atomic mass is 10.0. The summed E-state index contributed by atoms with van der Waals surface area (Å²) < 4.78 is 0.561. The fraction of sp³-hybridized carbons (Fsp3) is 0. The second-order valence-corrected chi connectivity index (χ2v) is 5.70. The minimum atomic E-state index is 0.144. The highest BCUT2D eigenvalue weighted by Gasteiger charge is 2.07. The molecule has 0 fully saturated rings. The predicted octanol–water partition coefficient (Wildman–Crippen LogP) is 5.53. The number of hydrogen-bond donors (Lipinski definition) is 1. The molecular formula is C15H8BrCl2NO. The molecule has 2 aromatic carbocycles. The molecule has 0 aliphatic heterocycles. The van der Waals surface area contributed by atoms with E-state index in [4.69, 9.17) is 23.2 Å². The van der Waals surface area contributed by atoms with Crippen LogP contribution in [-0.4, -0.2) is 5.11 Å². The summed E-state index contributed by atoms with van der Waals surface area (Å²) in [6, 6.07) is 12.1. The molecule has 0 aliphatic carbocycles. The number of halogens is 3. The molecule has 0 aromatic heterocycles. The van der Waals surface area contributed by atoms with Gasteiger partial charge in [0, 0.05) is 10.6 Å². The van der Waals surface area contributed by atoms with Crippen molar-refractivity contribution in [2.45, 2.75) is 0 Å². The standard InChI is InChI=1S/C15H8BrCl2NO/c16-13-6-9(1-4-15(13)20)5-10(8-19)12-3-2-11(17)7-14(12)18/h1-7,20H/b10-5+. The van der Waals surface area contributed by atoms with Crippen molar-refractivity contribution in [1.82, 2.24) is 0 Å². The van der Waals surface area contributed by atoms with Gasteiger partial charge in [-0.05, 0) is 51.8 Å². The SMILES string of the molecule is N#C/C(=C\c1ccc(O)c(Br)c1)c1ccc(Cl)cc1Cl. The summed E-state index contributed by atoms with van der Waals surface area (Å²) in [5.41, 5.74) is 1.81. The molecule has 100 valence electrons. The number of benzene rings is 2. The molecule has 2 aromatic rings. The number of nitrogens with zero attached hydrogens (tertiary/aromatic N) is 1. The van der Waals surface area contributed by atoms with Gasteiger partial charge in [0.1, 0.15) is 5.75 Å². The highest BCUT2D eigenvalue weighted by atomic mass is 79.9. The average molecular weight is 369 g/mol. The first-order valence-corrected chi connectivity index (χ1v) is 7.12. The van der Waals surface area contributed by atoms with Crippen LogP contribution < -0.4 is 0 Å². The minimum Gasteiger partial charge on any atom is -0.507 e. The third-order valence-electron chi connectivity index (χ3n) is 2.62. The quantitative estimate of drug-likeness (QED) is 0.559. The Balaban J connectivity index is 2.49. The van der Waals surface area contributed by atoms with Gasteiger partial charge in [-0.1, -0.05) is 35.3 Å². The Labute approximate surface area is 135 Å². The molecule has 0 saturated carbocycles. The number of nitriles is 1. The zero-order valence-corrected chi connectivity index (χ0v) is 13.2. The first kappa shape index (κ1) is 14.9. The van der Waals surface area contributed by atoms with Crippen LogP contribution in [0.1, 0.15) is 11.1 Å². The van der Waals surface area contributed by atoms with E-state index in [1.165, 1.54) is 0 Å². The Hall–Kier alpha value is -1.47. The van der Waals surface area contributed by atoms with Crippen molar-refractivity contribution in [1.29, 1.82) is 5.26 Å². The maximum absolute atomic E-state index is 9.46. The van der Waals surface area contributed by atoms with Gasteiger partial charge in [-0.3, -0.25) is 0 Å². The number of phenols is 1. The van der Waals surface area contributed by atoms with E-state index in [1.807, 2.05) is 0 Å². The summed E-state index contributed by atoms with van der Waals surface area (Å²) in [4.78, 5) is 0. The van der Waals surface area contributed by atoms with Gasteiger partial charge in [0.2, 0.25) is 0 Å². The van der Waals surface area contributed by atoms with Crippen molar-refractivity contribution in [3.05, 3.63) is 62.0 Å². The lowest BCUT2D eigenvalue weighted by Gasteiger charge is -2.04. The van der Waals surface area contributed by atoms with E-state index in [9.17, 15) is 10.4 Å². The smallest absolute Gasteiger partial charge is 0.129 e. The highest BCUT2D eigenvalue weighted by Crippen LogP contribution is 2.30. The highest BCUT2D eigenvalue weighted by molar-refractivity contribution is 9.10. The number of phenolic OH excluding ortho intramolecular Hbond substituents is 1. The first-order chi connectivity index (χ1) is 9.51. The Kier molecular flexibility index (Phi) is 4.72. The van der Waals surface area contributed by atoms with Crippen molar-refractivity contribution in [3.8, 4) is 11.8 Å². The third kappa shape index (κ3) is 3.34. The van der Waals surface area contributed by atoms with Gasteiger partial charge in [0.05, 0.1) is 21.1 Å². The van der Waals surface area contributed by atoms with Crippen LogP contribution in [0.15, 0.2) is 40.9 Å². The van der Waals surface area contributed by atoms with Gasteiger partial charge in [0.25, 0.3) is 0 Å². The van der Waals surface area contributed by atoms with Crippen LogP contribution in [0.5, 0.6) is 5.75 Å². The second-order valence-electron chi connectivity index (χ2n) is 4.00. The first-order valence-electron chi connectivity index (χ1n) is 5.57. The number of hydrogen-bond acceptors (Lipinski definition) is 2. The fourth-order valence-electron chi connectivity index (χ4n) is 1.66. The molecule has 0 aliphatic rings. The number of rotatable bonds is 2. The van der Waals surface area contributed by atoms with Gasteiger partial charge >= 0.3 is 0 Å². The molecule has 2 nitrogen and oxygen atoms in total. The van der Waals surface area contributed by atoms with Crippen LogP contribution in [0.2, 0.25) is 10.0 Å². The molecule has 5 heteroatoms. The van der Waals surface area contributed by atoms with E-state index in [0.717, 1.165) is 5.56 Å². The average Bonchev–Trinajstić information content (AvgIpc) is 2.41. The molecule has 0 spiro atoms. The van der Waals surface area contributed by atoms with Crippen LogP contribution in [0.25, 0.3) is 11.6 Å².